The van der Waals surface area contributed by atoms with Gasteiger partial charge in [-0.3, -0.25) is 19.3 Å². The largest absolute Gasteiger partial charge is 0.496 e. The Bertz CT molecular complexity index is 1510. The minimum atomic E-state index is -0.798. The van der Waals surface area contributed by atoms with Crippen molar-refractivity contribution >= 4 is 17.7 Å². The standard InChI is InChI=1S/C35H49N7O5/c1-23(2)32-34-37-25(4)40-42(34)22-31(44)36-17-11-19-41(21-27-15-16-29(46-5)24(3)33(27)47-6)18-10-14-30(43)38-28(35(45)39-32)20-26-12-8-7-9-13-26/h7-9,12-13,15-16,23,28,32H,10-11,14,17-22H2,1-6H3,(H,36,44)(H,38,43)(H,39,45)/t28-,32+/m1/s1. The van der Waals surface area contributed by atoms with Crippen LogP contribution in [0.3, 0.4) is 0 Å². The van der Waals surface area contributed by atoms with Crippen LogP contribution in [0, 0.1) is 19.8 Å². The van der Waals surface area contributed by atoms with Gasteiger partial charge in [0.25, 0.3) is 0 Å². The van der Waals surface area contributed by atoms with E-state index >= 15 is 0 Å². The molecule has 0 fully saturated rings. The van der Waals surface area contributed by atoms with E-state index in [1.807, 2.05) is 63.2 Å². The average Bonchev–Trinajstić information content (AvgIpc) is 3.40. The summed E-state index contributed by atoms with van der Waals surface area (Å²) in [5.74, 6) is 1.79. The van der Waals surface area contributed by atoms with Crippen molar-refractivity contribution < 1.29 is 23.9 Å². The van der Waals surface area contributed by atoms with Gasteiger partial charge in [-0.15, -0.1) is 0 Å². The van der Waals surface area contributed by atoms with Crippen molar-refractivity contribution in [3.8, 4) is 11.5 Å². The lowest BCUT2D eigenvalue weighted by Gasteiger charge is -2.27. The summed E-state index contributed by atoms with van der Waals surface area (Å²) in [6.45, 7) is 10.1. The van der Waals surface area contributed by atoms with E-state index in [2.05, 4.69) is 30.9 Å². The Labute approximate surface area is 277 Å². The summed E-state index contributed by atoms with van der Waals surface area (Å²) in [6.07, 6.45) is 1.89. The summed E-state index contributed by atoms with van der Waals surface area (Å²) in [7, 11) is 3.29. The molecule has 0 spiro atoms. The number of aromatic nitrogens is 3. The predicted molar refractivity (Wildman–Crippen MR) is 179 cm³/mol. The van der Waals surface area contributed by atoms with Gasteiger partial charge in [-0.2, -0.15) is 5.10 Å². The number of benzene rings is 2. The van der Waals surface area contributed by atoms with E-state index in [9.17, 15) is 14.4 Å². The number of methoxy groups -OCH3 is 2. The molecule has 3 aromatic rings. The minimum absolute atomic E-state index is 0.0223. The van der Waals surface area contributed by atoms with Gasteiger partial charge in [-0.25, -0.2) is 9.67 Å². The SMILES string of the molecule is COc1ccc(CN2CCCNC(=O)Cn3nc(C)nc3[C@H](C(C)C)NC(=O)[C@@H](Cc3ccccc3)NC(=O)CCC2)c(OC)c1C. The number of aryl methyl sites for hydroxylation is 1. The van der Waals surface area contributed by atoms with E-state index in [1.165, 1.54) is 0 Å². The van der Waals surface area contributed by atoms with Crippen LogP contribution in [0.5, 0.6) is 11.5 Å². The highest BCUT2D eigenvalue weighted by Crippen LogP contribution is 2.32. The van der Waals surface area contributed by atoms with E-state index in [0.29, 0.717) is 57.1 Å². The van der Waals surface area contributed by atoms with Crippen LogP contribution in [0.4, 0.5) is 0 Å². The minimum Gasteiger partial charge on any atom is -0.496 e. The molecule has 0 saturated heterocycles. The molecule has 3 N–H and O–H groups in total. The first-order valence-corrected chi connectivity index (χ1v) is 16.3. The first-order valence-electron chi connectivity index (χ1n) is 16.3. The monoisotopic (exact) mass is 647 g/mol. The molecule has 4 rings (SSSR count). The molecule has 12 heteroatoms. The van der Waals surface area contributed by atoms with Crippen molar-refractivity contribution in [2.24, 2.45) is 5.92 Å². The zero-order valence-electron chi connectivity index (χ0n) is 28.5. The number of ether oxygens (including phenoxy) is 2. The summed E-state index contributed by atoms with van der Waals surface area (Å²) in [6, 6.07) is 12.2. The summed E-state index contributed by atoms with van der Waals surface area (Å²) in [4.78, 5) is 47.1. The van der Waals surface area contributed by atoms with Crippen LogP contribution in [0.2, 0.25) is 0 Å². The Hall–Kier alpha value is -4.45. The third kappa shape index (κ3) is 9.77. The fraction of sp³-hybridized carbons (Fsp3) is 0.514. The fourth-order valence-corrected chi connectivity index (χ4v) is 5.98. The smallest absolute Gasteiger partial charge is 0.243 e. The first-order chi connectivity index (χ1) is 22.6. The van der Waals surface area contributed by atoms with E-state index < -0.39 is 12.1 Å². The van der Waals surface area contributed by atoms with Crippen molar-refractivity contribution in [2.45, 2.75) is 78.6 Å². The molecular weight excluding hydrogens is 598 g/mol. The maximum Gasteiger partial charge on any atom is 0.243 e. The molecule has 2 aromatic carbocycles. The Morgan fingerprint density at radius 1 is 0.936 bits per heavy atom. The van der Waals surface area contributed by atoms with Crippen LogP contribution in [0.15, 0.2) is 42.5 Å². The first kappa shape index (κ1) is 35.4. The number of rotatable bonds is 7. The lowest BCUT2D eigenvalue weighted by Crippen LogP contribution is -2.50. The van der Waals surface area contributed by atoms with Crippen molar-refractivity contribution in [1.29, 1.82) is 0 Å². The number of hydrogen-bond donors (Lipinski definition) is 3. The summed E-state index contributed by atoms with van der Waals surface area (Å²) >= 11 is 0. The molecule has 1 aliphatic heterocycles. The van der Waals surface area contributed by atoms with Crippen molar-refractivity contribution in [2.75, 3.05) is 33.9 Å². The van der Waals surface area contributed by atoms with Gasteiger partial charge in [-0.05, 0) is 50.8 Å². The number of hydrogen-bond acceptors (Lipinski definition) is 8. The summed E-state index contributed by atoms with van der Waals surface area (Å²) in [5, 5.41) is 13.6. The quantitative estimate of drug-likeness (QED) is 0.355. The topological polar surface area (TPSA) is 140 Å². The van der Waals surface area contributed by atoms with Crippen LogP contribution in [0.25, 0.3) is 0 Å². The number of amides is 3. The van der Waals surface area contributed by atoms with Crippen molar-refractivity contribution in [3.05, 3.63) is 70.8 Å². The molecule has 0 unspecified atom stereocenters. The Balaban J connectivity index is 1.60. The molecule has 0 aliphatic carbocycles. The van der Waals surface area contributed by atoms with Crippen LogP contribution >= 0.6 is 0 Å². The van der Waals surface area contributed by atoms with Gasteiger partial charge in [0, 0.05) is 43.6 Å². The number of fused-ring (bicyclic) bond motifs is 1. The van der Waals surface area contributed by atoms with E-state index in [4.69, 9.17) is 9.47 Å². The molecule has 0 bridgehead atoms. The van der Waals surface area contributed by atoms with Crippen LogP contribution < -0.4 is 25.4 Å². The number of nitrogens with zero attached hydrogens (tertiary/aromatic N) is 4. The zero-order chi connectivity index (χ0) is 33.9. The highest BCUT2D eigenvalue weighted by atomic mass is 16.5. The van der Waals surface area contributed by atoms with Gasteiger partial charge in [0.2, 0.25) is 17.7 Å². The molecule has 2 atom stereocenters. The van der Waals surface area contributed by atoms with Gasteiger partial charge in [0.15, 0.2) is 5.82 Å². The number of nitrogens with one attached hydrogen (secondary N) is 3. The molecule has 1 aromatic heterocycles. The predicted octanol–water partition coefficient (Wildman–Crippen LogP) is 3.26. The normalized spacial score (nSPS) is 19.2. The van der Waals surface area contributed by atoms with Crippen LogP contribution in [-0.2, 0) is 33.9 Å². The third-order valence-corrected chi connectivity index (χ3v) is 8.38. The molecule has 3 amide bonds. The maximum absolute atomic E-state index is 13.9. The van der Waals surface area contributed by atoms with Crippen LogP contribution in [0.1, 0.15) is 67.5 Å². The van der Waals surface area contributed by atoms with Gasteiger partial charge in [0.05, 0.1) is 20.3 Å². The van der Waals surface area contributed by atoms with Crippen molar-refractivity contribution in [3.63, 3.8) is 0 Å². The molecule has 254 valence electrons. The molecule has 1 aliphatic rings. The fourth-order valence-electron chi connectivity index (χ4n) is 5.98. The number of carbonyl (C=O) groups is 3. The second-order valence-corrected chi connectivity index (χ2v) is 12.4. The molecule has 0 saturated carbocycles. The summed E-state index contributed by atoms with van der Waals surface area (Å²) < 4.78 is 12.8. The van der Waals surface area contributed by atoms with E-state index in [1.54, 1.807) is 25.8 Å². The highest BCUT2D eigenvalue weighted by Gasteiger charge is 2.30. The molecule has 47 heavy (non-hydrogen) atoms. The number of carbonyl (C=O) groups excluding carboxylic acids is 3. The third-order valence-electron chi connectivity index (χ3n) is 8.38. The Kier molecular flexibility index (Phi) is 12.7. The van der Waals surface area contributed by atoms with Gasteiger partial charge in [-0.1, -0.05) is 50.2 Å². The van der Waals surface area contributed by atoms with Gasteiger partial charge < -0.3 is 25.4 Å². The molecular formula is C35H49N7O5. The Morgan fingerprint density at radius 2 is 1.68 bits per heavy atom. The maximum atomic E-state index is 13.9. The molecule has 12 nitrogen and oxygen atoms in total. The van der Waals surface area contributed by atoms with Gasteiger partial charge in [0.1, 0.15) is 29.9 Å². The van der Waals surface area contributed by atoms with E-state index in [0.717, 1.165) is 28.2 Å². The lowest BCUT2D eigenvalue weighted by molar-refractivity contribution is -0.129. The van der Waals surface area contributed by atoms with Crippen LogP contribution in [-0.4, -0.2) is 77.3 Å². The zero-order valence-corrected chi connectivity index (χ0v) is 28.5. The van der Waals surface area contributed by atoms with Crippen molar-refractivity contribution in [1.82, 2.24) is 35.6 Å². The second-order valence-electron chi connectivity index (χ2n) is 12.4. The highest BCUT2D eigenvalue weighted by molar-refractivity contribution is 5.88. The van der Waals surface area contributed by atoms with Gasteiger partial charge >= 0.3 is 0 Å². The molecule has 2 heterocycles. The summed E-state index contributed by atoms with van der Waals surface area (Å²) in [5.41, 5.74) is 2.86. The van der Waals surface area contributed by atoms with E-state index in [-0.39, 0.29) is 36.6 Å². The Morgan fingerprint density at radius 3 is 2.38 bits per heavy atom. The lowest BCUT2D eigenvalue weighted by atomic mass is 10.0. The molecule has 0 radical (unpaired) electrons. The average molecular weight is 648 g/mol. The second kappa shape index (κ2) is 16.9.